The van der Waals surface area contributed by atoms with E-state index in [1.165, 1.54) is 0 Å². The van der Waals surface area contributed by atoms with Crippen molar-refractivity contribution in [1.29, 1.82) is 0 Å². The van der Waals surface area contributed by atoms with Crippen molar-refractivity contribution < 1.29 is 32.3 Å². The first kappa shape index (κ1) is 48.8. The third-order valence-electron chi connectivity index (χ3n) is 12.6. The maximum Gasteiger partial charge on any atom is 0.192 e. The van der Waals surface area contributed by atoms with E-state index in [9.17, 15) is 4.79 Å². The monoisotopic (exact) mass is 904 g/mol. The Morgan fingerprint density at radius 1 is 0.830 bits per heavy atom. The zero-order chi connectivity index (χ0) is 40.8. The van der Waals surface area contributed by atoms with E-state index >= 15 is 0 Å². The maximum absolute atomic E-state index is 13.9. The first-order valence-corrected chi connectivity index (χ1v) is 29.7. The molecule has 1 fully saturated rings. The molecular formula is C42H77IO7Si3. The van der Waals surface area contributed by atoms with Crippen molar-refractivity contribution in [3.8, 4) is 5.75 Å². The highest BCUT2D eigenvalue weighted by Gasteiger charge is 2.50. The quantitative estimate of drug-likeness (QED) is 0.107. The average molecular weight is 905 g/mol. The molecule has 3 unspecified atom stereocenters. The van der Waals surface area contributed by atoms with Crippen molar-refractivity contribution in [1.82, 2.24) is 0 Å². The summed E-state index contributed by atoms with van der Waals surface area (Å²) in [5.74, 6) is 0.997. The predicted octanol–water partition coefficient (Wildman–Crippen LogP) is 12.1. The van der Waals surface area contributed by atoms with Crippen LogP contribution >= 0.6 is 22.6 Å². The van der Waals surface area contributed by atoms with Crippen LogP contribution in [-0.2, 0) is 34.2 Å². The van der Waals surface area contributed by atoms with E-state index in [-0.39, 0.29) is 63.3 Å². The highest BCUT2D eigenvalue weighted by Crippen LogP contribution is 2.44. The number of ketones is 1. The summed E-state index contributed by atoms with van der Waals surface area (Å²) in [5, 5.41) is 0.144. The van der Waals surface area contributed by atoms with Crippen LogP contribution in [0.3, 0.4) is 0 Å². The lowest BCUT2D eigenvalue weighted by molar-refractivity contribution is -0.185. The zero-order valence-electron chi connectivity index (χ0n) is 36.8. The molecule has 0 amide bonds. The fourth-order valence-corrected chi connectivity index (χ4v) is 9.95. The van der Waals surface area contributed by atoms with E-state index < -0.39 is 25.0 Å². The Bertz CT molecular complexity index is 1310. The fourth-order valence-electron chi connectivity index (χ4n) is 5.82. The summed E-state index contributed by atoms with van der Waals surface area (Å²) in [7, 11) is -4.76. The molecule has 7 nitrogen and oxygen atoms in total. The minimum absolute atomic E-state index is 0.0126. The summed E-state index contributed by atoms with van der Waals surface area (Å²) in [6, 6.07) is 7.91. The lowest BCUT2D eigenvalue weighted by atomic mass is 9.86. The number of carbonyl (C=O) groups excluding carboxylic acids is 1. The predicted molar refractivity (Wildman–Crippen MR) is 238 cm³/mol. The second-order valence-electron chi connectivity index (χ2n) is 20.1. The van der Waals surface area contributed by atoms with Gasteiger partial charge in [0.25, 0.3) is 0 Å². The summed E-state index contributed by atoms with van der Waals surface area (Å²) in [6.45, 7) is 39.6. The molecule has 1 aliphatic heterocycles. The summed E-state index contributed by atoms with van der Waals surface area (Å²) in [4.78, 5) is 13.9. The van der Waals surface area contributed by atoms with Gasteiger partial charge in [0.1, 0.15) is 17.6 Å². The van der Waals surface area contributed by atoms with Gasteiger partial charge in [-0.3, -0.25) is 4.79 Å². The second kappa shape index (κ2) is 19.4. The van der Waals surface area contributed by atoms with E-state index in [0.717, 1.165) is 17.7 Å². The second-order valence-corrected chi connectivity index (χ2v) is 35.2. The third-order valence-corrected chi connectivity index (χ3v) is 26.5. The lowest BCUT2D eigenvalue weighted by Crippen LogP contribution is -2.60. The molecule has 1 aromatic carbocycles. The van der Waals surface area contributed by atoms with Crippen molar-refractivity contribution in [3.63, 3.8) is 0 Å². The van der Waals surface area contributed by atoms with Gasteiger partial charge >= 0.3 is 0 Å². The Kier molecular flexibility index (Phi) is 17.8. The van der Waals surface area contributed by atoms with Gasteiger partial charge < -0.3 is 27.5 Å². The Labute approximate surface area is 341 Å². The Hall–Kier alpha value is -0.389. The van der Waals surface area contributed by atoms with Crippen LogP contribution in [0.25, 0.3) is 0 Å². The molecule has 0 saturated carbocycles. The summed E-state index contributed by atoms with van der Waals surface area (Å²) >= 11 is 2.23. The van der Waals surface area contributed by atoms with E-state index in [2.05, 4.69) is 138 Å². The topological polar surface area (TPSA) is 72.5 Å². The third kappa shape index (κ3) is 14.2. The molecule has 0 N–H and O–H groups in total. The first-order chi connectivity index (χ1) is 24.0. The van der Waals surface area contributed by atoms with Crippen LogP contribution in [0.1, 0.15) is 101 Å². The molecule has 0 spiro atoms. The van der Waals surface area contributed by atoms with Gasteiger partial charge in [0.2, 0.25) is 0 Å². The van der Waals surface area contributed by atoms with E-state index in [1.807, 2.05) is 34.4 Å². The molecule has 0 radical (unpaired) electrons. The molecule has 1 aliphatic rings. The number of methoxy groups -OCH3 is 1. The molecule has 0 aromatic heterocycles. The van der Waals surface area contributed by atoms with Crippen molar-refractivity contribution in [2.75, 3.05) is 13.7 Å². The molecule has 11 heteroatoms. The first-order valence-electron chi connectivity index (χ1n) is 19.7. The largest absolute Gasteiger partial charge is 0.497 e. The summed E-state index contributed by atoms with van der Waals surface area (Å²) in [6.07, 6.45) is 2.59. The molecule has 0 bridgehead atoms. The van der Waals surface area contributed by atoms with Crippen LogP contribution in [-0.4, -0.2) is 75.0 Å². The van der Waals surface area contributed by atoms with Crippen LogP contribution in [0.15, 0.2) is 34.4 Å². The molecule has 1 aromatic rings. The van der Waals surface area contributed by atoms with Gasteiger partial charge in [-0.2, -0.15) is 0 Å². The Morgan fingerprint density at radius 3 is 1.81 bits per heavy atom. The normalized spacial score (nSPS) is 22.8. The van der Waals surface area contributed by atoms with Gasteiger partial charge in [0.15, 0.2) is 25.0 Å². The molecule has 53 heavy (non-hydrogen) atoms. The number of benzene rings is 1. The number of hydrogen-bond acceptors (Lipinski definition) is 7. The molecule has 2 rings (SSSR count). The molecule has 1 heterocycles. The van der Waals surface area contributed by atoms with Crippen molar-refractivity contribution in [2.24, 2.45) is 11.8 Å². The maximum atomic E-state index is 13.9. The van der Waals surface area contributed by atoms with Gasteiger partial charge in [0.05, 0.1) is 44.7 Å². The highest BCUT2D eigenvalue weighted by atomic mass is 127. The van der Waals surface area contributed by atoms with Crippen molar-refractivity contribution in [2.45, 2.75) is 187 Å². The Balaban J connectivity index is 2.37. The van der Waals surface area contributed by atoms with Crippen molar-refractivity contribution in [3.05, 3.63) is 40.0 Å². The standard InChI is InChI=1S/C42H77IO7Si3/c1-30(35(23-24-43)46-28-32-19-21-34(45-12)22-20-32)25-33(44)26-31(2)39-37(50-53(17,18)42(9,10)11)27-36(49-52(15,16)41(6,7)8)38(48-39)29-47-51(13,14)40(3,4)5/h19-24,30-31,35-39H,25-29H2,1-18H3/t30?,31?,35?,36-,37+,38-,39+/m1/s1. The molecular weight excluding hydrogens is 828 g/mol. The number of ether oxygens (including phenoxy) is 3. The van der Waals surface area contributed by atoms with Gasteiger partial charge in [-0.25, -0.2) is 0 Å². The van der Waals surface area contributed by atoms with Crippen LogP contribution < -0.4 is 4.74 Å². The molecule has 0 aliphatic carbocycles. The summed E-state index contributed by atoms with van der Waals surface area (Å²) < 4.78 is 42.1. The Morgan fingerprint density at radius 2 is 1.34 bits per heavy atom. The van der Waals surface area contributed by atoms with Crippen LogP contribution in [0.2, 0.25) is 54.4 Å². The van der Waals surface area contributed by atoms with E-state index in [1.54, 1.807) is 7.11 Å². The van der Waals surface area contributed by atoms with Crippen LogP contribution in [0, 0.1) is 11.8 Å². The molecule has 306 valence electrons. The number of hydrogen-bond donors (Lipinski definition) is 0. The number of halogens is 1. The average Bonchev–Trinajstić information content (AvgIpc) is 3.00. The minimum atomic E-state index is -2.20. The number of Topliss-reactive ketones (excluding diaryl/α,β-unsaturated/α-hetero) is 1. The van der Waals surface area contributed by atoms with Gasteiger partial charge in [-0.1, -0.05) is 111 Å². The smallest absolute Gasteiger partial charge is 0.192 e. The van der Waals surface area contributed by atoms with Gasteiger partial charge in [-0.15, -0.1) is 0 Å². The zero-order valence-corrected chi connectivity index (χ0v) is 41.9. The number of carbonyl (C=O) groups is 1. The minimum Gasteiger partial charge on any atom is -0.497 e. The highest BCUT2D eigenvalue weighted by molar-refractivity contribution is 14.1. The van der Waals surface area contributed by atoms with E-state index in [4.69, 9.17) is 27.5 Å². The van der Waals surface area contributed by atoms with Gasteiger partial charge in [0, 0.05) is 19.3 Å². The van der Waals surface area contributed by atoms with Crippen LogP contribution in [0.4, 0.5) is 0 Å². The summed E-state index contributed by atoms with van der Waals surface area (Å²) in [5.41, 5.74) is 1.06. The SMILES string of the molecule is COc1ccc(COC(C=CI)C(C)CC(=O)CC(C)[C@@H]2O[C@H](CO[Si](C)(C)C(C)(C)C)[C@H](O[Si](C)(C)C(C)(C)C)C[C@@H]2O[Si](C)(C)C(C)(C)C)cc1. The fraction of sp³-hybridized carbons (Fsp3) is 0.786. The van der Waals surface area contributed by atoms with Gasteiger partial charge in [-0.05, 0) is 94.1 Å². The lowest BCUT2D eigenvalue weighted by Gasteiger charge is -2.51. The molecule has 7 atom stereocenters. The van der Waals surface area contributed by atoms with Crippen LogP contribution in [0.5, 0.6) is 5.75 Å². The van der Waals surface area contributed by atoms with E-state index in [0.29, 0.717) is 26.1 Å². The molecule has 1 saturated heterocycles. The number of rotatable bonds is 18. The van der Waals surface area contributed by atoms with Crippen molar-refractivity contribution >= 4 is 53.3 Å².